The zero-order chi connectivity index (χ0) is 24.6. The third kappa shape index (κ3) is 16.3. The number of unbranched alkanes of at least 4 members (excludes halogenated alkanes) is 9. The highest BCUT2D eigenvalue weighted by Crippen LogP contribution is 2.23. The Kier molecular flexibility index (Phi) is 17.8. The summed E-state index contributed by atoms with van der Waals surface area (Å²) in [5.41, 5.74) is 0. The lowest BCUT2D eigenvalue weighted by Gasteiger charge is -2.28. The van der Waals surface area contributed by atoms with Crippen molar-refractivity contribution in [1.82, 2.24) is 0 Å². The van der Waals surface area contributed by atoms with E-state index in [2.05, 4.69) is 6.92 Å². The summed E-state index contributed by atoms with van der Waals surface area (Å²) in [5.74, 6) is -2.95. The van der Waals surface area contributed by atoms with Crippen LogP contribution in [0.4, 0.5) is 0 Å². The Morgan fingerprint density at radius 2 is 1.22 bits per heavy atom. The number of aliphatic hydroxyl groups is 1. The third-order valence-corrected chi connectivity index (χ3v) is 7.04. The summed E-state index contributed by atoms with van der Waals surface area (Å²) in [5, 5.41) is 19.6. The second-order valence-corrected chi connectivity index (χ2v) is 11.3. The number of aliphatic carboxylic acids is 1. The van der Waals surface area contributed by atoms with Gasteiger partial charge in [-0.25, -0.2) is 0 Å². The predicted octanol–water partition coefficient (Wildman–Crippen LogP) is 6.02. The predicted molar refractivity (Wildman–Crippen MR) is 135 cm³/mol. The number of alkyl halides is 2. The molecule has 5 nitrogen and oxygen atoms in total. The van der Waals surface area contributed by atoms with Gasteiger partial charge in [-0.05, 0) is 19.3 Å². The Hall–Kier alpha value is -0.360. The zero-order valence-corrected chi connectivity index (χ0v) is 22.3. The van der Waals surface area contributed by atoms with E-state index in [1.807, 2.05) is 21.1 Å². The van der Waals surface area contributed by atoms with Crippen molar-refractivity contribution in [2.24, 2.45) is 5.92 Å². The molecule has 4 atom stereocenters. The molecule has 0 heterocycles. The maximum atomic E-state index is 12.3. The number of carboxylic acids is 1. The number of nitrogens with zero attached hydrogens (tertiary/aromatic N) is 1. The average Bonchev–Trinajstić information content (AvgIpc) is 2.67. The van der Waals surface area contributed by atoms with Gasteiger partial charge >= 0.3 is 5.97 Å². The summed E-state index contributed by atoms with van der Waals surface area (Å²) >= 11 is 12.9. The Bertz CT molecular complexity index is 511. The van der Waals surface area contributed by atoms with Gasteiger partial charge in [-0.2, -0.15) is 0 Å². The molecule has 0 saturated heterocycles. The van der Waals surface area contributed by atoms with E-state index in [4.69, 9.17) is 23.2 Å². The molecule has 0 fully saturated rings. The van der Waals surface area contributed by atoms with Gasteiger partial charge in [0.05, 0.1) is 21.1 Å². The van der Waals surface area contributed by atoms with E-state index < -0.39 is 18.0 Å². The molecule has 0 bridgehead atoms. The highest BCUT2D eigenvalue weighted by molar-refractivity contribution is 6.29. The lowest BCUT2D eigenvalue weighted by molar-refractivity contribution is -0.873. The van der Waals surface area contributed by atoms with Crippen molar-refractivity contribution in [1.29, 1.82) is 0 Å². The molecule has 0 spiro atoms. The monoisotopic (exact) mass is 496 g/mol. The standard InChI is InChI=1S/C25H47Cl2NO4/c1-5-6-7-8-10-13-16-20(26)21(27)17-14-11-9-12-15-18-22(29)24(25(31)32)23(30)19-28(2,3)4/h20-21,23-24,30H,5-19H2,1-4H3/p+1/t20-,21+,23+,24+/m0/s1. The van der Waals surface area contributed by atoms with Crippen molar-refractivity contribution in [2.75, 3.05) is 27.7 Å². The van der Waals surface area contributed by atoms with E-state index >= 15 is 0 Å². The molecule has 0 saturated carbocycles. The quantitative estimate of drug-likeness (QED) is 0.0880. The summed E-state index contributed by atoms with van der Waals surface area (Å²) in [6, 6.07) is 0. The first-order chi connectivity index (χ1) is 15.0. The van der Waals surface area contributed by atoms with Crippen LogP contribution in [-0.2, 0) is 9.59 Å². The lowest BCUT2D eigenvalue weighted by atomic mass is 9.93. The number of carbonyl (C=O) groups excluding carboxylic acids is 1. The van der Waals surface area contributed by atoms with Crippen LogP contribution in [0.25, 0.3) is 0 Å². The Morgan fingerprint density at radius 3 is 1.66 bits per heavy atom. The number of aliphatic hydroxyl groups excluding tert-OH is 1. The molecule has 0 aliphatic carbocycles. The SMILES string of the molecule is CCCCCCCC[C@H](Cl)[C@H](Cl)CCCCCCCC(=O)[C@@H](C(=O)O)[C@H](O)C[N+](C)(C)C. The zero-order valence-electron chi connectivity index (χ0n) is 20.8. The Balaban J connectivity index is 3.94. The molecular formula is C25H48Cl2NO4+. The normalized spacial score (nSPS) is 15.8. The third-order valence-electron chi connectivity index (χ3n) is 5.86. The number of quaternary nitrogens is 1. The fourth-order valence-electron chi connectivity index (χ4n) is 3.99. The van der Waals surface area contributed by atoms with Gasteiger partial charge in [0.2, 0.25) is 0 Å². The molecule has 190 valence electrons. The summed E-state index contributed by atoms with van der Waals surface area (Å²) in [6.45, 7) is 2.45. The van der Waals surface area contributed by atoms with E-state index in [0.717, 1.165) is 44.9 Å². The second kappa shape index (κ2) is 18.0. The summed E-state index contributed by atoms with van der Waals surface area (Å²) < 4.78 is 0.405. The molecule has 0 amide bonds. The van der Waals surface area contributed by atoms with Gasteiger partial charge in [0, 0.05) is 17.2 Å². The molecule has 0 rings (SSSR count). The largest absolute Gasteiger partial charge is 0.481 e. The molecule has 2 N–H and O–H groups in total. The molecule has 0 unspecified atom stereocenters. The number of ketones is 1. The maximum Gasteiger partial charge on any atom is 0.316 e. The Morgan fingerprint density at radius 1 is 0.781 bits per heavy atom. The first kappa shape index (κ1) is 31.6. The average molecular weight is 498 g/mol. The highest BCUT2D eigenvalue weighted by Gasteiger charge is 2.36. The van der Waals surface area contributed by atoms with Crippen molar-refractivity contribution in [2.45, 2.75) is 114 Å². The molecular weight excluding hydrogens is 449 g/mol. The number of hydrogen-bond donors (Lipinski definition) is 2. The smallest absolute Gasteiger partial charge is 0.316 e. The maximum absolute atomic E-state index is 12.3. The molecule has 0 aromatic carbocycles. The van der Waals surface area contributed by atoms with Gasteiger partial charge in [-0.15, -0.1) is 23.2 Å². The van der Waals surface area contributed by atoms with Crippen LogP contribution in [0, 0.1) is 5.92 Å². The number of likely N-dealkylation sites (N-methyl/N-ethyl adjacent to an activating group) is 1. The van der Waals surface area contributed by atoms with Crippen molar-refractivity contribution >= 4 is 35.0 Å². The van der Waals surface area contributed by atoms with Crippen LogP contribution in [0.1, 0.15) is 96.8 Å². The summed E-state index contributed by atoms with van der Waals surface area (Å²) in [6.07, 6.45) is 13.0. The molecule has 0 aliphatic heterocycles. The summed E-state index contributed by atoms with van der Waals surface area (Å²) in [7, 11) is 5.58. The van der Waals surface area contributed by atoms with Crippen LogP contribution in [0.15, 0.2) is 0 Å². The first-order valence-corrected chi connectivity index (χ1v) is 13.4. The molecule has 0 aliphatic rings. The topological polar surface area (TPSA) is 74.6 Å². The van der Waals surface area contributed by atoms with Gasteiger partial charge in [-0.1, -0.05) is 71.1 Å². The van der Waals surface area contributed by atoms with Crippen LogP contribution in [0.3, 0.4) is 0 Å². The number of rotatable bonds is 21. The van der Waals surface area contributed by atoms with Gasteiger partial charge in [0.1, 0.15) is 24.3 Å². The highest BCUT2D eigenvalue weighted by atomic mass is 35.5. The Labute approximate surface area is 206 Å². The van der Waals surface area contributed by atoms with Gasteiger partial charge < -0.3 is 14.7 Å². The van der Waals surface area contributed by atoms with Crippen LogP contribution < -0.4 is 0 Å². The molecule has 0 aromatic rings. The van der Waals surface area contributed by atoms with Crippen LogP contribution >= 0.6 is 23.2 Å². The first-order valence-electron chi connectivity index (χ1n) is 12.5. The number of carboxylic acid groups (broad SMARTS) is 1. The molecule has 7 heteroatoms. The minimum Gasteiger partial charge on any atom is -0.481 e. The van der Waals surface area contributed by atoms with Crippen molar-refractivity contribution < 1.29 is 24.3 Å². The van der Waals surface area contributed by atoms with Gasteiger partial charge in [0.25, 0.3) is 0 Å². The van der Waals surface area contributed by atoms with E-state index in [1.54, 1.807) is 0 Å². The van der Waals surface area contributed by atoms with Crippen molar-refractivity contribution in [3.63, 3.8) is 0 Å². The minimum absolute atomic E-state index is 0.00733. The minimum atomic E-state index is -1.34. The number of halogens is 2. The summed E-state index contributed by atoms with van der Waals surface area (Å²) in [4.78, 5) is 23.8. The lowest BCUT2D eigenvalue weighted by Crippen LogP contribution is -2.47. The van der Waals surface area contributed by atoms with Crippen molar-refractivity contribution in [3.05, 3.63) is 0 Å². The van der Waals surface area contributed by atoms with E-state index in [0.29, 0.717) is 10.9 Å². The van der Waals surface area contributed by atoms with E-state index in [9.17, 15) is 19.8 Å². The fourth-order valence-corrected chi connectivity index (χ4v) is 4.55. The fraction of sp³-hybridized carbons (Fsp3) is 0.920. The van der Waals surface area contributed by atoms with Crippen LogP contribution in [0.2, 0.25) is 0 Å². The molecule has 0 aromatic heterocycles. The second-order valence-electron chi connectivity index (χ2n) is 10.2. The molecule has 0 radical (unpaired) electrons. The number of hydrogen-bond acceptors (Lipinski definition) is 3. The van der Waals surface area contributed by atoms with Gasteiger partial charge in [0.15, 0.2) is 0 Å². The number of Topliss-reactive ketones (excluding diaryl/α,β-unsaturated/α-hetero) is 1. The van der Waals surface area contributed by atoms with E-state index in [-0.39, 0.29) is 29.5 Å². The molecule has 32 heavy (non-hydrogen) atoms. The van der Waals surface area contributed by atoms with Crippen LogP contribution in [-0.4, -0.2) is 71.0 Å². The van der Waals surface area contributed by atoms with Crippen LogP contribution in [0.5, 0.6) is 0 Å². The van der Waals surface area contributed by atoms with Crippen molar-refractivity contribution in [3.8, 4) is 0 Å². The van der Waals surface area contributed by atoms with E-state index in [1.165, 1.54) is 32.1 Å². The number of carbonyl (C=O) groups is 2. The van der Waals surface area contributed by atoms with Gasteiger partial charge in [-0.3, -0.25) is 9.59 Å².